The SMILES string of the molecule is CCN(Cc1ccccc1)C[C@@H]1CNC[C@H]1C. The molecule has 0 aromatic heterocycles. The van der Waals surface area contributed by atoms with E-state index in [1.807, 2.05) is 0 Å². The summed E-state index contributed by atoms with van der Waals surface area (Å²) in [5.74, 6) is 1.64. The minimum atomic E-state index is 0.818. The second-order valence-electron chi connectivity index (χ2n) is 5.21. The van der Waals surface area contributed by atoms with E-state index < -0.39 is 0 Å². The van der Waals surface area contributed by atoms with Crippen molar-refractivity contribution in [3.8, 4) is 0 Å². The molecule has 0 aliphatic carbocycles. The predicted octanol–water partition coefficient (Wildman–Crippen LogP) is 2.36. The van der Waals surface area contributed by atoms with Gasteiger partial charge in [-0.15, -0.1) is 0 Å². The molecule has 0 spiro atoms. The number of rotatable bonds is 5. The van der Waals surface area contributed by atoms with E-state index in [2.05, 4.69) is 54.4 Å². The lowest BCUT2D eigenvalue weighted by Gasteiger charge is -2.25. The van der Waals surface area contributed by atoms with Crippen LogP contribution >= 0.6 is 0 Å². The van der Waals surface area contributed by atoms with Gasteiger partial charge in [0, 0.05) is 13.1 Å². The van der Waals surface area contributed by atoms with E-state index in [0.717, 1.165) is 24.9 Å². The Hall–Kier alpha value is -0.860. The molecule has 1 aliphatic rings. The lowest BCUT2D eigenvalue weighted by Crippen LogP contribution is -2.31. The number of hydrogen-bond acceptors (Lipinski definition) is 2. The number of hydrogen-bond donors (Lipinski definition) is 1. The third-order valence-electron chi connectivity index (χ3n) is 3.87. The van der Waals surface area contributed by atoms with Crippen molar-refractivity contribution in [1.82, 2.24) is 10.2 Å². The molecule has 0 bridgehead atoms. The highest BCUT2D eigenvalue weighted by Crippen LogP contribution is 2.18. The Balaban J connectivity index is 1.88. The van der Waals surface area contributed by atoms with Crippen LogP contribution in [0.1, 0.15) is 19.4 Å². The molecule has 0 unspecified atom stereocenters. The molecule has 1 N–H and O–H groups in total. The van der Waals surface area contributed by atoms with Crippen molar-refractivity contribution in [1.29, 1.82) is 0 Å². The highest BCUT2D eigenvalue weighted by molar-refractivity contribution is 5.14. The Labute approximate surface area is 105 Å². The Morgan fingerprint density at radius 2 is 2.00 bits per heavy atom. The Kier molecular flexibility index (Phi) is 4.57. The highest BCUT2D eigenvalue weighted by atomic mass is 15.1. The van der Waals surface area contributed by atoms with Crippen molar-refractivity contribution >= 4 is 0 Å². The lowest BCUT2D eigenvalue weighted by atomic mass is 9.97. The van der Waals surface area contributed by atoms with Gasteiger partial charge >= 0.3 is 0 Å². The van der Waals surface area contributed by atoms with Crippen molar-refractivity contribution in [2.75, 3.05) is 26.2 Å². The summed E-state index contributed by atoms with van der Waals surface area (Å²) in [7, 11) is 0. The van der Waals surface area contributed by atoms with Gasteiger partial charge in [0.1, 0.15) is 0 Å². The average molecular weight is 232 g/mol. The largest absolute Gasteiger partial charge is 0.316 e. The summed E-state index contributed by atoms with van der Waals surface area (Å²) < 4.78 is 0. The molecule has 17 heavy (non-hydrogen) atoms. The van der Waals surface area contributed by atoms with Crippen LogP contribution < -0.4 is 5.32 Å². The van der Waals surface area contributed by atoms with Crippen LogP contribution in [0.2, 0.25) is 0 Å². The summed E-state index contributed by atoms with van der Waals surface area (Å²) in [6, 6.07) is 10.8. The maximum atomic E-state index is 3.49. The molecule has 0 radical (unpaired) electrons. The van der Waals surface area contributed by atoms with Crippen LogP contribution in [0.3, 0.4) is 0 Å². The Morgan fingerprint density at radius 1 is 1.24 bits per heavy atom. The van der Waals surface area contributed by atoms with Gasteiger partial charge in [0.05, 0.1) is 0 Å². The van der Waals surface area contributed by atoms with Gasteiger partial charge in [0.2, 0.25) is 0 Å². The van der Waals surface area contributed by atoms with Crippen molar-refractivity contribution in [3.63, 3.8) is 0 Å². The summed E-state index contributed by atoms with van der Waals surface area (Å²) in [6.45, 7) is 10.4. The summed E-state index contributed by atoms with van der Waals surface area (Å²) in [5.41, 5.74) is 1.42. The Morgan fingerprint density at radius 3 is 2.59 bits per heavy atom. The molecule has 2 heteroatoms. The van der Waals surface area contributed by atoms with Gasteiger partial charge in [-0.1, -0.05) is 44.2 Å². The van der Waals surface area contributed by atoms with Crippen molar-refractivity contribution in [3.05, 3.63) is 35.9 Å². The fourth-order valence-electron chi connectivity index (χ4n) is 2.59. The molecular weight excluding hydrogens is 208 g/mol. The van der Waals surface area contributed by atoms with E-state index >= 15 is 0 Å². The fraction of sp³-hybridized carbons (Fsp3) is 0.600. The smallest absolute Gasteiger partial charge is 0.0233 e. The topological polar surface area (TPSA) is 15.3 Å². The van der Waals surface area contributed by atoms with Gasteiger partial charge in [0.25, 0.3) is 0 Å². The molecule has 1 aromatic carbocycles. The maximum Gasteiger partial charge on any atom is 0.0233 e. The quantitative estimate of drug-likeness (QED) is 0.838. The molecular formula is C15H24N2. The Bertz CT molecular complexity index is 323. The van der Waals surface area contributed by atoms with Crippen LogP contribution in [-0.4, -0.2) is 31.1 Å². The highest BCUT2D eigenvalue weighted by Gasteiger charge is 2.24. The molecule has 2 nitrogen and oxygen atoms in total. The van der Waals surface area contributed by atoms with Gasteiger partial charge in [-0.3, -0.25) is 4.90 Å². The van der Waals surface area contributed by atoms with E-state index in [-0.39, 0.29) is 0 Å². The number of benzene rings is 1. The summed E-state index contributed by atoms with van der Waals surface area (Å²) in [5, 5.41) is 3.49. The van der Waals surface area contributed by atoms with Crippen LogP contribution in [0, 0.1) is 11.8 Å². The van der Waals surface area contributed by atoms with Gasteiger partial charge in [-0.25, -0.2) is 0 Å². The van der Waals surface area contributed by atoms with Crippen LogP contribution in [0.15, 0.2) is 30.3 Å². The average Bonchev–Trinajstić information content (AvgIpc) is 2.75. The summed E-state index contributed by atoms with van der Waals surface area (Å²) in [6.07, 6.45) is 0. The van der Waals surface area contributed by atoms with E-state index in [4.69, 9.17) is 0 Å². The van der Waals surface area contributed by atoms with Gasteiger partial charge < -0.3 is 5.32 Å². The zero-order valence-corrected chi connectivity index (χ0v) is 11.0. The molecule has 2 rings (SSSR count). The lowest BCUT2D eigenvalue weighted by molar-refractivity contribution is 0.220. The monoisotopic (exact) mass is 232 g/mol. The van der Waals surface area contributed by atoms with Crippen LogP contribution in [-0.2, 0) is 6.54 Å². The molecule has 1 aliphatic heterocycles. The summed E-state index contributed by atoms with van der Waals surface area (Å²) in [4.78, 5) is 2.56. The molecule has 1 heterocycles. The second kappa shape index (κ2) is 6.18. The first kappa shape index (κ1) is 12.6. The third kappa shape index (κ3) is 3.55. The first-order valence-corrected chi connectivity index (χ1v) is 6.76. The zero-order valence-electron chi connectivity index (χ0n) is 11.0. The van der Waals surface area contributed by atoms with Gasteiger partial charge in [0.15, 0.2) is 0 Å². The second-order valence-corrected chi connectivity index (χ2v) is 5.21. The molecule has 1 aromatic rings. The van der Waals surface area contributed by atoms with E-state index in [9.17, 15) is 0 Å². The first-order valence-electron chi connectivity index (χ1n) is 6.76. The third-order valence-corrected chi connectivity index (χ3v) is 3.87. The normalized spacial score (nSPS) is 24.4. The fourth-order valence-corrected chi connectivity index (χ4v) is 2.59. The van der Waals surface area contributed by atoms with E-state index in [1.54, 1.807) is 0 Å². The van der Waals surface area contributed by atoms with Crippen LogP contribution in [0.5, 0.6) is 0 Å². The van der Waals surface area contributed by atoms with E-state index in [1.165, 1.54) is 25.2 Å². The van der Waals surface area contributed by atoms with Crippen molar-refractivity contribution < 1.29 is 0 Å². The van der Waals surface area contributed by atoms with Crippen molar-refractivity contribution in [2.24, 2.45) is 11.8 Å². The number of nitrogens with one attached hydrogen (secondary N) is 1. The van der Waals surface area contributed by atoms with Crippen LogP contribution in [0.25, 0.3) is 0 Å². The van der Waals surface area contributed by atoms with Gasteiger partial charge in [-0.2, -0.15) is 0 Å². The minimum Gasteiger partial charge on any atom is -0.316 e. The van der Waals surface area contributed by atoms with Crippen molar-refractivity contribution in [2.45, 2.75) is 20.4 Å². The minimum absolute atomic E-state index is 0.818. The molecule has 1 fully saturated rings. The zero-order chi connectivity index (χ0) is 12.1. The molecule has 1 saturated heterocycles. The standard InChI is InChI=1S/C15H24N2/c1-3-17(11-14-7-5-4-6-8-14)12-15-10-16-9-13(15)2/h4-8,13,15-16H,3,9-12H2,1-2H3/t13-,15+/m1/s1. The molecule has 94 valence electrons. The van der Waals surface area contributed by atoms with Crippen LogP contribution in [0.4, 0.5) is 0 Å². The molecule has 0 saturated carbocycles. The van der Waals surface area contributed by atoms with E-state index in [0.29, 0.717) is 0 Å². The van der Waals surface area contributed by atoms with Gasteiger partial charge in [-0.05, 0) is 37.0 Å². The summed E-state index contributed by atoms with van der Waals surface area (Å²) >= 11 is 0. The first-order chi connectivity index (χ1) is 8.29. The number of nitrogens with zero attached hydrogens (tertiary/aromatic N) is 1. The molecule has 0 amide bonds. The predicted molar refractivity (Wildman–Crippen MR) is 72.9 cm³/mol. The maximum absolute atomic E-state index is 3.49. The molecule has 2 atom stereocenters.